The van der Waals surface area contributed by atoms with E-state index in [2.05, 4.69) is 5.32 Å². The predicted molar refractivity (Wildman–Crippen MR) is 94.4 cm³/mol. The zero-order chi connectivity index (χ0) is 17.6. The number of carbonyl (C=O) groups excluding carboxylic acids is 3. The van der Waals surface area contributed by atoms with Crippen molar-refractivity contribution in [3.63, 3.8) is 0 Å². The summed E-state index contributed by atoms with van der Waals surface area (Å²) in [5, 5.41) is 2.55. The fourth-order valence-corrected chi connectivity index (χ4v) is 2.91. The number of rotatable bonds is 4. The SMILES string of the molecule is O=CNc1ccccc1C(=O)N1CCN(C(=O)c2ccccc2)CC1. The van der Waals surface area contributed by atoms with E-state index in [-0.39, 0.29) is 11.8 Å². The third-order valence-corrected chi connectivity index (χ3v) is 4.25. The molecule has 0 saturated carbocycles. The molecule has 0 aliphatic carbocycles. The Morgan fingerprint density at radius 2 is 1.36 bits per heavy atom. The van der Waals surface area contributed by atoms with Gasteiger partial charge in [0.1, 0.15) is 0 Å². The summed E-state index contributed by atoms with van der Waals surface area (Å²) in [5.41, 5.74) is 1.60. The normalized spacial score (nSPS) is 14.1. The molecule has 0 unspecified atom stereocenters. The van der Waals surface area contributed by atoms with Crippen LogP contribution in [0.3, 0.4) is 0 Å². The number of amides is 3. The van der Waals surface area contributed by atoms with Gasteiger partial charge >= 0.3 is 0 Å². The van der Waals surface area contributed by atoms with E-state index in [9.17, 15) is 14.4 Å². The highest BCUT2D eigenvalue weighted by Crippen LogP contribution is 2.18. The number of nitrogens with one attached hydrogen (secondary N) is 1. The monoisotopic (exact) mass is 337 g/mol. The predicted octanol–water partition coefficient (Wildman–Crippen LogP) is 1.85. The number of para-hydroxylation sites is 1. The zero-order valence-electron chi connectivity index (χ0n) is 13.7. The van der Waals surface area contributed by atoms with Crippen molar-refractivity contribution < 1.29 is 14.4 Å². The maximum absolute atomic E-state index is 12.7. The van der Waals surface area contributed by atoms with Gasteiger partial charge in [0, 0.05) is 31.7 Å². The first kappa shape index (κ1) is 16.7. The lowest BCUT2D eigenvalue weighted by Gasteiger charge is -2.35. The summed E-state index contributed by atoms with van der Waals surface area (Å²) in [6, 6.07) is 16.0. The molecule has 3 rings (SSSR count). The Morgan fingerprint density at radius 3 is 2.00 bits per heavy atom. The highest BCUT2D eigenvalue weighted by atomic mass is 16.2. The van der Waals surface area contributed by atoms with Crippen molar-refractivity contribution in [2.45, 2.75) is 0 Å². The van der Waals surface area contributed by atoms with Gasteiger partial charge in [0.05, 0.1) is 11.3 Å². The van der Waals surface area contributed by atoms with Crippen molar-refractivity contribution >= 4 is 23.9 Å². The van der Waals surface area contributed by atoms with Crippen molar-refractivity contribution in [2.75, 3.05) is 31.5 Å². The molecule has 0 atom stereocenters. The van der Waals surface area contributed by atoms with Crippen molar-refractivity contribution in [1.82, 2.24) is 9.80 Å². The van der Waals surface area contributed by atoms with Crippen LogP contribution in [0.1, 0.15) is 20.7 Å². The minimum absolute atomic E-state index is 0.0179. The van der Waals surface area contributed by atoms with E-state index in [0.717, 1.165) is 0 Å². The molecule has 1 fully saturated rings. The smallest absolute Gasteiger partial charge is 0.256 e. The molecule has 0 radical (unpaired) electrons. The number of piperazine rings is 1. The van der Waals surface area contributed by atoms with Gasteiger partial charge in [-0.05, 0) is 24.3 Å². The molecule has 3 amide bonds. The van der Waals surface area contributed by atoms with E-state index in [0.29, 0.717) is 49.4 Å². The van der Waals surface area contributed by atoms with Gasteiger partial charge in [0.15, 0.2) is 0 Å². The van der Waals surface area contributed by atoms with Gasteiger partial charge in [-0.1, -0.05) is 30.3 Å². The van der Waals surface area contributed by atoms with Gasteiger partial charge in [0.25, 0.3) is 11.8 Å². The van der Waals surface area contributed by atoms with E-state index in [4.69, 9.17) is 0 Å². The second kappa shape index (κ2) is 7.61. The first-order valence-electron chi connectivity index (χ1n) is 8.13. The quantitative estimate of drug-likeness (QED) is 0.866. The summed E-state index contributed by atoms with van der Waals surface area (Å²) in [7, 11) is 0. The first-order valence-corrected chi connectivity index (χ1v) is 8.13. The fraction of sp³-hybridized carbons (Fsp3) is 0.211. The molecule has 6 heteroatoms. The van der Waals surface area contributed by atoms with Gasteiger partial charge in [0.2, 0.25) is 6.41 Å². The molecular formula is C19H19N3O3. The third kappa shape index (κ3) is 3.68. The lowest BCUT2D eigenvalue weighted by atomic mass is 10.1. The molecule has 2 aromatic rings. The minimum Gasteiger partial charge on any atom is -0.335 e. The molecule has 1 heterocycles. The second-order valence-electron chi connectivity index (χ2n) is 5.76. The summed E-state index contributed by atoms with van der Waals surface area (Å²) in [4.78, 5) is 39.3. The molecule has 1 aliphatic rings. The molecule has 25 heavy (non-hydrogen) atoms. The topological polar surface area (TPSA) is 69.7 Å². The van der Waals surface area contributed by atoms with Crippen LogP contribution in [0, 0.1) is 0 Å². The standard InChI is InChI=1S/C19H19N3O3/c23-14-20-17-9-5-4-8-16(17)19(25)22-12-10-21(11-13-22)18(24)15-6-2-1-3-7-15/h1-9,14H,10-13H2,(H,20,23). The van der Waals surface area contributed by atoms with E-state index >= 15 is 0 Å². The van der Waals surface area contributed by atoms with Crippen molar-refractivity contribution in [2.24, 2.45) is 0 Å². The van der Waals surface area contributed by atoms with E-state index < -0.39 is 0 Å². The van der Waals surface area contributed by atoms with Crippen LogP contribution >= 0.6 is 0 Å². The fourth-order valence-electron chi connectivity index (χ4n) is 2.91. The van der Waals surface area contributed by atoms with Crippen molar-refractivity contribution in [3.8, 4) is 0 Å². The van der Waals surface area contributed by atoms with Crippen LogP contribution in [-0.4, -0.2) is 54.2 Å². The molecule has 1 saturated heterocycles. The van der Waals surface area contributed by atoms with Gasteiger partial charge in [-0.2, -0.15) is 0 Å². The Morgan fingerprint density at radius 1 is 0.800 bits per heavy atom. The van der Waals surface area contributed by atoms with E-state index in [1.54, 1.807) is 46.2 Å². The zero-order valence-corrected chi connectivity index (χ0v) is 13.7. The molecule has 1 N–H and O–H groups in total. The summed E-state index contributed by atoms with van der Waals surface area (Å²) in [6.45, 7) is 1.91. The van der Waals surface area contributed by atoms with Crippen LogP contribution in [0.5, 0.6) is 0 Å². The lowest BCUT2D eigenvalue weighted by Crippen LogP contribution is -2.50. The Labute approximate surface area is 146 Å². The molecule has 6 nitrogen and oxygen atoms in total. The van der Waals surface area contributed by atoms with Crippen LogP contribution in [0.15, 0.2) is 54.6 Å². The van der Waals surface area contributed by atoms with Crippen LogP contribution in [0.25, 0.3) is 0 Å². The first-order chi connectivity index (χ1) is 12.2. The van der Waals surface area contributed by atoms with Gasteiger partial charge in [-0.3, -0.25) is 14.4 Å². The summed E-state index contributed by atoms with van der Waals surface area (Å²) >= 11 is 0. The van der Waals surface area contributed by atoms with Crippen molar-refractivity contribution in [3.05, 3.63) is 65.7 Å². The Hall–Kier alpha value is -3.15. The largest absolute Gasteiger partial charge is 0.335 e. The lowest BCUT2D eigenvalue weighted by molar-refractivity contribution is -0.105. The molecule has 1 aliphatic heterocycles. The molecule has 0 bridgehead atoms. The Balaban J connectivity index is 1.65. The van der Waals surface area contributed by atoms with Gasteiger partial charge in [-0.15, -0.1) is 0 Å². The summed E-state index contributed by atoms with van der Waals surface area (Å²) in [6.07, 6.45) is 0.558. The molecule has 0 aromatic heterocycles. The Bertz CT molecular complexity index is 768. The van der Waals surface area contributed by atoms with Gasteiger partial charge in [-0.25, -0.2) is 0 Å². The number of hydrogen-bond donors (Lipinski definition) is 1. The third-order valence-electron chi connectivity index (χ3n) is 4.25. The highest BCUT2D eigenvalue weighted by molar-refractivity contribution is 6.01. The van der Waals surface area contributed by atoms with Crippen molar-refractivity contribution in [1.29, 1.82) is 0 Å². The van der Waals surface area contributed by atoms with Crippen LogP contribution in [-0.2, 0) is 4.79 Å². The number of hydrogen-bond acceptors (Lipinski definition) is 3. The maximum atomic E-state index is 12.7. The number of benzene rings is 2. The van der Waals surface area contributed by atoms with Crippen LogP contribution < -0.4 is 5.32 Å². The summed E-state index contributed by atoms with van der Waals surface area (Å²) < 4.78 is 0. The van der Waals surface area contributed by atoms with Crippen LogP contribution in [0.4, 0.5) is 5.69 Å². The highest BCUT2D eigenvalue weighted by Gasteiger charge is 2.26. The molecule has 128 valence electrons. The van der Waals surface area contributed by atoms with E-state index in [1.165, 1.54) is 0 Å². The minimum atomic E-state index is -0.142. The number of anilines is 1. The Kier molecular flexibility index (Phi) is 5.09. The maximum Gasteiger partial charge on any atom is 0.256 e. The summed E-state index contributed by atoms with van der Waals surface area (Å²) in [5.74, 6) is -0.160. The molecular weight excluding hydrogens is 318 g/mol. The van der Waals surface area contributed by atoms with Crippen LogP contribution in [0.2, 0.25) is 0 Å². The average molecular weight is 337 g/mol. The average Bonchev–Trinajstić information content (AvgIpc) is 2.68. The van der Waals surface area contributed by atoms with Gasteiger partial charge < -0.3 is 15.1 Å². The van der Waals surface area contributed by atoms with E-state index in [1.807, 2.05) is 18.2 Å². The molecule has 0 spiro atoms. The second-order valence-corrected chi connectivity index (χ2v) is 5.76. The number of carbonyl (C=O) groups is 3. The molecule has 2 aromatic carbocycles. The number of nitrogens with zero attached hydrogens (tertiary/aromatic N) is 2.